The van der Waals surface area contributed by atoms with Gasteiger partial charge in [0.15, 0.2) is 0 Å². The molecule has 0 aliphatic heterocycles. The Morgan fingerprint density at radius 1 is 1.80 bits per heavy atom. The van der Waals surface area contributed by atoms with E-state index in [0.717, 1.165) is 0 Å². The van der Waals surface area contributed by atoms with Crippen LogP contribution in [-0.2, 0) is 0 Å². The first-order chi connectivity index (χ1) is 2.41. The minimum absolute atomic E-state index is 1.44. The predicted octanol–water partition coefficient (Wildman–Crippen LogP) is -0.155. The summed E-state index contributed by atoms with van der Waals surface area (Å²) in [5.41, 5.74) is 0. The molecule has 0 saturated carbocycles. The lowest BCUT2D eigenvalue weighted by molar-refractivity contribution is 1.11. The fourth-order valence-electron chi connectivity index (χ4n) is 0.0962. The Labute approximate surface area is 33.5 Å². The van der Waals surface area contributed by atoms with Crippen LogP contribution in [0.4, 0.5) is 0 Å². The molecule has 0 aromatic rings. The van der Waals surface area contributed by atoms with Crippen LogP contribution >= 0.6 is 0 Å². The van der Waals surface area contributed by atoms with Crippen LogP contribution in [0.15, 0.2) is 12.2 Å². The van der Waals surface area contributed by atoms with Crippen LogP contribution in [0.1, 0.15) is 0 Å². The molecule has 1 nitrogen and oxygen atoms in total. The second kappa shape index (κ2) is 3.60. The van der Waals surface area contributed by atoms with Crippen molar-refractivity contribution in [1.82, 2.24) is 5.32 Å². The first kappa shape index (κ1) is 4.60. The van der Waals surface area contributed by atoms with Crippen molar-refractivity contribution in [2.45, 2.75) is 0 Å². The first-order valence-electron chi connectivity index (χ1n) is 1.46. The number of hydrogen-bond acceptors (Lipinski definition) is 1. The van der Waals surface area contributed by atoms with Gasteiger partial charge in [-0.15, -0.1) is 5.98 Å². The van der Waals surface area contributed by atoms with Gasteiger partial charge in [0, 0.05) is 7.05 Å². The zero-order valence-electron chi connectivity index (χ0n) is 3.23. The highest BCUT2D eigenvalue weighted by molar-refractivity contribution is 6.16. The van der Waals surface area contributed by atoms with E-state index in [1.807, 2.05) is 0 Å². The van der Waals surface area contributed by atoms with E-state index in [-0.39, 0.29) is 0 Å². The first-order valence-corrected chi connectivity index (χ1v) is 1.46. The molecule has 0 fully saturated rings. The third-order valence-corrected chi connectivity index (χ3v) is 0.263. The molecule has 26 valence electrons. The van der Waals surface area contributed by atoms with E-state index in [4.69, 9.17) is 7.85 Å². The van der Waals surface area contributed by atoms with Crippen molar-refractivity contribution in [1.29, 1.82) is 0 Å². The molecule has 0 aliphatic carbocycles. The number of hydrogen-bond donors (Lipinski definition) is 1. The highest BCUT2D eigenvalue weighted by atomic mass is 14.8. The van der Waals surface area contributed by atoms with Gasteiger partial charge in [-0.2, -0.15) is 0 Å². The summed E-state index contributed by atoms with van der Waals surface area (Å²) in [4.78, 5) is 0. The summed E-state index contributed by atoms with van der Waals surface area (Å²) in [6, 6.07) is 0. The fourth-order valence-corrected chi connectivity index (χ4v) is 0.0962. The van der Waals surface area contributed by atoms with Crippen LogP contribution in [0.5, 0.6) is 0 Å². The summed E-state index contributed by atoms with van der Waals surface area (Å²) in [5, 5.41) is 2.71. The third kappa shape index (κ3) is 3.60. The molecule has 0 aromatic carbocycles. The fraction of sp³-hybridized carbons (Fsp3) is 0.333. The SMILES string of the molecule is [B]/C=C\NC. The summed E-state index contributed by atoms with van der Waals surface area (Å²) < 4.78 is 0. The van der Waals surface area contributed by atoms with Gasteiger partial charge in [0.1, 0.15) is 7.85 Å². The number of rotatable bonds is 1. The van der Waals surface area contributed by atoms with Gasteiger partial charge in [0.2, 0.25) is 0 Å². The van der Waals surface area contributed by atoms with Crippen LogP contribution in [0.25, 0.3) is 0 Å². The smallest absolute Gasteiger partial charge is 0.104 e. The van der Waals surface area contributed by atoms with Crippen molar-refractivity contribution in [2.24, 2.45) is 0 Å². The van der Waals surface area contributed by atoms with Crippen LogP contribution in [0.2, 0.25) is 0 Å². The van der Waals surface area contributed by atoms with E-state index in [9.17, 15) is 0 Å². The van der Waals surface area contributed by atoms with Crippen LogP contribution < -0.4 is 5.32 Å². The Kier molecular flexibility index (Phi) is 3.32. The Balaban J connectivity index is 2.62. The summed E-state index contributed by atoms with van der Waals surface area (Å²) in [5.74, 6) is 1.44. The molecule has 2 heteroatoms. The number of nitrogens with one attached hydrogen (secondary N) is 1. The lowest BCUT2D eigenvalue weighted by atomic mass is 10.2. The maximum Gasteiger partial charge on any atom is 0.104 e. The van der Waals surface area contributed by atoms with Crippen molar-refractivity contribution < 1.29 is 0 Å². The maximum absolute atomic E-state index is 4.90. The highest BCUT2D eigenvalue weighted by Gasteiger charge is 1.45. The van der Waals surface area contributed by atoms with Crippen LogP contribution in [0, 0.1) is 0 Å². The van der Waals surface area contributed by atoms with Gasteiger partial charge >= 0.3 is 0 Å². The topological polar surface area (TPSA) is 12.0 Å². The van der Waals surface area contributed by atoms with E-state index < -0.39 is 0 Å². The molecule has 1 N–H and O–H groups in total. The molecular formula is C3H6BN. The second-order valence-corrected chi connectivity index (χ2v) is 0.648. The van der Waals surface area contributed by atoms with Gasteiger partial charge in [-0.05, 0) is 6.20 Å². The maximum atomic E-state index is 4.90. The quantitative estimate of drug-likeness (QED) is 0.420. The molecule has 0 aliphatic rings. The van der Waals surface area contributed by atoms with E-state index in [2.05, 4.69) is 5.32 Å². The molecule has 0 bridgehead atoms. The monoisotopic (exact) mass is 67.1 g/mol. The molecule has 2 radical (unpaired) electrons. The van der Waals surface area contributed by atoms with Gasteiger partial charge in [-0.25, -0.2) is 0 Å². The Morgan fingerprint density at radius 2 is 2.40 bits per heavy atom. The van der Waals surface area contributed by atoms with E-state index in [0.29, 0.717) is 0 Å². The lowest BCUT2D eigenvalue weighted by Crippen LogP contribution is -1.89. The third-order valence-electron chi connectivity index (χ3n) is 0.263. The largest absolute Gasteiger partial charge is 0.395 e. The lowest BCUT2D eigenvalue weighted by Gasteiger charge is -1.75. The molecule has 0 amide bonds. The van der Waals surface area contributed by atoms with Crippen molar-refractivity contribution in [2.75, 3.05) is 7.05 Å². The second-order valence-electron chi connectivity index (χ2n) is 0.648. The molecule has 0 aromatic heterocycles. The van der Waals surface area contributed by atoms with Crippen molar-refractivity contribution in [3.05, 3.63) is 12.2 Å². The Bertz CT molecular complexity index is 33.9. The minimum Gasteiger partial charge on any atom is -0.395 e. The molecular weight excluding hydrogens is 60.9 g/mol. The molecule has 0 rings (SSSR count). The molecule has 5 heavy (non-hydrogen) atoms. The summed E-state index contributed by atoms with van der Waals surface area (Å²) in [7, 11) is 6.69. The van der Waals surface area contributed by atoms with Gasteiger partial charge in [0.25, 0.3) is 0 Å². The molecule has 0 heterocycles. The normalized spacial score (nSPS) is 9.00. The molecule has 0 atom stereocenters. The van der Waals surface area contributed by atoms with E-state index in [1.165, 1.54) is 5.98 Å². The zero-order valence-corrected chi connectivity index (χ0v) is 3.23. The molecule has 0 saturated heterocycles. The van der Waals surface area contributed by atoms with Gasteiger partial charge < -0.3 is 5.32 Å². The van der Waals surface area contributed by atoms with Gasteiger partial charge in [0.05, 0.1) is 0 Å². The zero-order chi connectivity index (χ0) is 4.12. The minimum atomic E-state index is 1.44. The summed E-state index contributed by atoms with van der Waals surface area (Å²) in [6.07, 6.45) is 1.65. The van der Waals surface area contributed by atoms with Gasteiger partial charge in [-0.1, -0.05) is 0 Å². The average molecular weight is 66.9 g/mol. The Hall–Kier alpha value is -0.395. The van der Waals surface area contributed by atoms with Crippen molar-refractivity contribution >= 4 is 7.85 Å². The molecule has 0 spiro atoms. The van der Waals surface area contributed by atoms with Crippen molar-refractivity contribution in [3.8, 4) is 0 Å². The van der Waals surface area contributed by atoms with Crippen LogP contribution in [0.3, 0.4) is 0 Å². The molecule has 0 unspecified atom stereocenters. The highest BCUT2D eigenvalue weighted by Crippen LogP contribution is 1.46. The summed E-state index contributed by atoms with van der Waals surface area (Å²) >= 11 is 0. The summed E-state index contributed by atoms with van der Waals surface area (Å²) in [6.45, 7) is 0. The standard InChI is InChI=1S/C3H6BN/c1-5-3-2-4/h2-3,5H,1H3/b3-2-. The van der Waals surface area contributed by atoms with Gasteiger partial charge in [-0.3, -0.25) is 0 Å². The van der Waals surface area contributed by atoms with Crippen LogP contribution in [-0.4, -0.2) is 14.9 Å². The predicted molar refractivity (Wildman–Crippen MR) is 24.0 cm³/mol. The van der Waals surface area contributed by atoms with E-state index >= 15 is 0 Å². The average Bonchev–Trinajstić information content (AvgIpc) is 1.41. The Morgan fingerprint density at radius 3 is 2.40 bits per heavy atom. The van der Waals surface area contributed by atoms with E-state index in [1.54, 1.807) is 13.2 Å². The van der Waals surface area contributed by atoms with Crippen molar-refractivity contribution in [3.63, 3.8) is 0 Å².